The molecule has 1 aliphatic heterocycles. The Morgan fingerprint density at radius 3 is 2.95 bits per heavy atom. The number of para-hydroxylation sites is 1. The Morgan fingerprint density at radius 1 is 1.24 bits per heavy atom. The highest BCUT2D eigenvalue weighted by Gasteiger charge is 2.28. The number of hydrogen-bond acceptors (Lipinski definition) is 3. The zero-order chi connectivity index (χ0) is 14.7. The van der Waals surface area contributed by atoms with E-state index in [0.29, 0.717) is 6.04 Å². The van der Waals surface area contributed by atoms with Crippen LogP contribution in [-0.2, 0) is 11.2 Å². The van der Waals surface area contributed by atoms with Crippen LogP contribution in [0.15, 0.2) is 24.3 Å². The van der Waals surface area contributed by atoms with Crippen LogP contribution in [-0.4, -0.2) is 29.5 Å². The van der Waals surface area contributed by atoms with Crippen LogP contribution in [0.25, 0.3) is 0 Å². The Hall–Kier alpha value is -1.00. The number of thioether (sulfide) groups is 1. The van der Waals surface area contributed by atoms with Crippen molar-refractivity contribution in [2.75, 3.05) is 11.6 Å². The van der Waals surface area contributed by atoms with Gasteiger partial charge in [0.1, 0.15) is 0 Å². The average molecular weight is 304 g/mol. The summed E-state index contributed by atoms with van der Waals surface area (Å²) >= 11 is 1.97. The fourth-order valence-corrected chi connectivity index (χ4v) is 4.29. The van der Waals surface area contributed by atoms with Gasteiger partial charge in [-0.05, 0) is 50.0 Å². The van der Waals surface area contributed by atoms with Crippen molar-refractivity contribution >= 4 is 23.4 Å². The number of fused-ring (bicyclic) bond motifs is 1. The molecule has 3 rings (SSSR count). The molecule has 0 radical (unpaired) electrons. The summed E-state index contributed by atoms with van der Waals surface area (Å²) in [5, 5.41) is 7.45. The fourth-order valence-electron chi connectivity index (χ4n) is 3.46. The van der Waals surface area contributed by atoms with Gasteiger partial charge in [0, 0.05) is 17.0 Å². The Bertz CT molecular complexity index is 505. The van der Waals surface area contributed by atoms with Crippen molar-refractivity contribution in [3.63, 3.8) is 0 Å². The molecule has 1 fully saturated rings. The molecule has 2 N–H and O–H groups in total. The minimum atomic E-state index is -0.0528. The van der Waals surface area contributed by atoms with E-state index in [9.17, 15) is 4.79 Å². The normalized spacial score (nSPS) is 29.4. The maximum Gasteiger partial charge on any atom is 0.241 e. The Morgan fingerprint density at radius 2 is 2.10 bits per heavy atom. The lowest BCUT2D eigenvalue weighted by Crippen LogP contribution is -2.47. The fraction of sp³-hybridized carbons (Fsp3) is 0.588. The number of aryl methyl sites for hydroxylation is 1. The average Bonchev–Trinajstić information content (AvgIpc) is 2.67. The van der Waals surface area contributed by atoms with E-state index in [0.717, 1.165) is 23.8 Å². The van der Waals surface area contributed by atoms with Gasteiger partial charge in [0.25, 0.3) is 0 Å². The van der Waals surface area contributed by atoms with E-state index in [-0.39, 0.29) is 11.9 Å². The van der Waals surface area contributed by atoms with E-state index >= 15 is 0 Å². The molecule has 1 aromatic rings. The molecule has 0 aromatic heterocycles. The second-order valence-corrected chi connectivity index (χ2v) is 7.26. The van der Waals surface area contributed by atoms with Gasteiger partial charge in [-0.15, -0.1) is 0 Å². The van der Waals surface area contributed by atoms with Gasteiger partial charge in [-0.1, -0.05) is 24.6 Å². The van der Waals surface area contributed by atoms with Gasteiger partial charge in [-0.2, -0.15) is 11.8 Å². The van der Waals surface area contributed by atoms with Crippen LogP contribution >= 0.6 is 11.8 Å². The Kier molecular flexibility index (Phi) is 4.86. The molecule has 0 spiro atoms. The second-order valence-electron chi connectivity index (χ2n) is 6.13. The van der Waals surface area contributed by atoms with E-state index in [1.807, 2.05) is 30.0 Å². The number of carbonyl (C=O) groups is 1. The molecule has 3 unspecified atom stereocenters. The summed E-state index contributed by atoms with van der Waals surface area (Å²) in [5.74, 6) is 0.131. The molecule has 1 saturated carbocycles. The van der Waals surface area contributed by atoms with Gasteiger partial charge in [-0.25, -0.2) is 0 Å². The van der Waals surface area contributed by atoms with Crippen LogP contribution in [0.3, 0.4) is 0 Å². The number of hydrogen-bond donors (Lipinski definition) is 2. The van der Waals surface area contributed by atoms with Crippen molar-refractivity contribution < 1.29 is 4.79 Å². The summed E-state index contributed by atoms with van der Waals surface area (Å²) in [6.07, 6.45) is 9.04. The summed E-state index contributed by atoms with van der Waals surface area (Å²) in [6, 6.07) is 8.58. The van der Waals surface area contributed by atoms with Crippen molar-refractivity contribution in [1.29, 1.82) is 0 Å². The van der Waals surface area contributed by atoms with Crippen LogP contribution in [0.5, 0.6) is 0 Å². The summed E-state index contributed by atoms with van der Waals surface area (Å²) in [5.41, 5.74) is 2.23. The van der Waals surface area contributed by atoms with Crippen LogP contribution in [0.2, 0.25) is 0 Å². The molecule has 1 amide bonds. The summed E-state index contributed by atoms with van der Waals surface area (Å²) < 4.78 is 0. The first-order valence-corrected chi connectivity index (χ1v) is 9.22. The predicted molar refractivity (Wildman–Crippen MR) is 89.9 cm³/mol. The summed E-state index contributed by atoms with van der Waals surface area (Å²) in [4.78, 5) is 12.4. The summed E-state index contributed by atoms with van der Waals surface area (Å²) in [6.45, 7) is 0. The van der Waals surface area contributed by atoms with Crippen LogP contribution < -0.4 is 10.6 Å². The monoisotopic (exact) mass is 304 g/mol. The lowest BCUT2D eigenvalue weighted by atomic mass is 9.93. The third kappa shape index (κ3) is 3.61. The topological polar surface area (TPSA) is 41.1 Å². The van der Waals surface area contributed by atoms with E-state index in [1.54, 1.807) is 0 Å². The van der Waals surface area contributed by atoms with Crippen molar-refractivity contribution in [2.45, 2.75) is 55.9 Å². The molecule has 3 atom stereocenters. The predicted octanol–water partition coefficient (Wildman–Crippen LogP) is 3.20. The van der Waals surface area contributed by atoms with Gasteiger partial charge >= 0.3 is 0 Å². The standard InChI is InChI=1S/C17H24N2OS/c1-21-14-7-4-6-13(11-14)18-16-10-9-12-5-2-3-8-15(12)19-17(16)20/h2-3,5,8,13-14,16,18H,4,6-7,9-11H2,1H3,(H,19,20). The second kappa shape index (κ2) is 6.84. The maximum atomic E-state index is 12.4. The number of anilines is 1. The van der Waals surface area contributed by atoms with Gasteiger partial charge < -0.3 is 10.6 Å². The van der Waals surface area contributed by atoms with E-state index in [1.165, 1.54) is 31.2 Å². The molecule has 0 saturated heterocycles. The van der Waals surface area contributed by atoms with Crippen LogP contribution in [0.1, 0.15) is 37.7 Å². The smallest absolute Gasteiger partial charge is 0.241 e. The first-order chi connectivity index (χ1) is 10.3. The van der Waals surface area contributed by atoms with Crippen molar-refractivity contribution in [3.8, 4) is 0 Å². The zero-order valence-electron chi connectivity index (χ0n) is 12.6. The van der Waals surface area contributed by atoms with Crippen molar-refractivity contribution in [1.82, 2.24) is 5.32 Å². The molecular formula is C17H24N2OS. The maximum absolute atomic E-state index is 12.4. The number of nitrogens with one attached hydrogen (secondary N) is 2. The molecule has 21 heavy (non-hydrogen) atoms. The minimum absolute atomic E-state index is 0.0528. The van der Waals surface area contributed by atoms with Crippen molar-refractivity contribution in [2.24, 2.45) is 0 Å². The third-order valence-corrected chi connectivity index (χ3v) is 5.79. The number of benzene rings is 1. The van der Waals surface area contributed by atoms with E-state index < -0.39 is 0 Å². The van der Waals surface area contributed by atoms with Gasteiger partial charge in [0.05, 0.1) is 6.04 Å². The lowest BCUT2D eigenvalue weighted by molar-refractivity contribution is -0.118. The van der Waals surface area contributed by atoms with E-state index in [2.05, 4.69) is 23.0 Å². The number of carbonyl (C=O) groups excluding carboxylic acids is 1. The van der Waals surface area contributed by atoms with Crippen molar-refractivity contribution in [3.05, 3.63) is 29.8 Å². The molecule has 1 aromatic carbocycles. The molecule has 1 aliphatic carbocycles. The molecule has 3 nitrogen and oxygen atoms in total. The molecule has 4 heteroatoms. The van der Waals surface area contributed by atoms with Gasteiger partial charge in [-0.3, -0.25) is 4.79 Å². The highest BCUT2D eigenvalue weighted by atomic mass is 32.2. The lowest BCUT2D eigenvalue weighted by Gasteiger charge is -2.31. The molecule has 114 valence electrons. The number of rotatable bonds is 3. The SMILES string of the molecule is CSC1CCCC(NC2CCc3ccccc3NC2=O)C1. The largest absolute Gasteiger partial charge is 0.324 e. The molecule has 0 bridgehead atoms. The Labute approximate surface area is 131 Å². The highest BCUT2D eigenvalue weighted by molar-refractivity contribution is 7.99. The van der Waals surface area contributed by atoms with Gasteiger partial charge in [0.15, 0.2) is 0 Å². The molecule has 1 heterocycles. The molecular weight excluding hydrogens is 280 g/mol. The first kappa shape index (κ1) is 14.9. The Balaban J connectivity index is 1.63. The number of amides is 1. The minimum Gasteiger partial charge on any atom is -0.324 e. The van der Waals surface area contributed by atoms with Gasteiger partial charge in [0.2, 0.25) is 5.91 Å². The zero-order valence-corrected chi connectivity index (χ0v) is 13.4. The molecule has 2 aliphatic rings. The van der Waals surface area contributed by atoms with E-state index in [4.69, 9.17) is 0 Å². The first-order valence-electron chi connectivity index (χ1n) is 7.94. The quantitative estimate of drug-likeness (QED) is 0.901. The summed E-state index contributed by atoms with van der Waals surface area (Å²) in [7, 11) is 0. The highest BCUT2D eigenvalue weighted by Crippen LogP contribution is 2.28. The van der Waals surface area contributed by atoms with Crippen LogP contribution in [0, 0.1) is 0 Å². The third-order valence-electron chi connectivity index (χ3n) is 4.69. The van der Waals surface area contributed by atoms with Crippen LogP contribution in [0.4, 0.5) is 5.69 Å².